The van der Waals surface area contributed by atoms with E-state index in [0.717, 1.165) is 49.3 Å². The summed E-state index contributed by atoms with van der Waals surface area (Å²) in [5, 5.41) is 12.4. The number of nitrogens with one attached hydrogen (secondary N) is 1. The number of hydrogen-bond donors (Lipinski definition) is 1. The molecule has 1 saturated heterocycles. The molecular formula is C15H21N3O. The van der Waals surface area contributed by atoms with Crippen molar-refractivity contribution in [1.29, 1.82) is 5.26 Å². The zero-order valence-electron chi connectivity index (χ0n) is 11.6. The van der Waals surface area contributed by atoms with E-state index in [1.165, 1.54) is 0 Å². The van der Waals surface area contributed by atoms with Gasteiger partial charge < -0.3 is 15.0 Å². The number of nitrogens with zero attached hydrogens (tertiary/aromatic N) is 2. The predicted molar refractivity (Wildman–Crippen MR) is 76.2 cm³/mol. The Bertz CT molecular complexity index is 467. The number of rotatable bonds is 4. The summed E-state index contributed by atoms with van der Waals surface area (Å²) in [5.74, 6) is 0. The largest absolute Gasteiger partial charge is 0.380 e. The van der Waals surface area contributed by atoms with Crippen LogP contribution in [0.1, 0.15) is 24.0 Å². The van der Waals surface area contributed by atoms with Crippen LogP contribution in [0.4, 0.5) is 5.69 Å². The third-order valence-corrected chi connectivity index (χ3v) is 3.61. The van der Waals surface area contributed by atoms with Crippen LogP contribution in [0.3, 0.4) is 0 Å². The van der Waals surface area contributed by atoms with E-state index in [4.69, 9.17) is 4.74 Å². The van der Waals surface area contributed by atoms with Crippen molar-refractivity contribution in [1.82, 2.24) is 5.32 Å². The molecule has 0 bridgehead atoms. The zero-order valence-corrected chi connectivity index (χ0v) is 11.6. The van der Waals surface area contributed by atoms with Crippen molar-refractivity contribution >= 4 is 5.69 Å². The Morgan fingerprint density at radius 1 is 1.53 bits per heavy atom. The van der Waals surface area contributed by atoms with Gasteiger partial charge in [0.1, 0.15) is 6.07 Å². The van der Waals surface area contributed by atoms with Crippen molar-refractivity contribution in [2.24, 2.45) is 0 Å². The number of ether oxygens (including phenoxy) is 1. The fourth-order valence-corrected chi connectivity index (χ4v) is 2.61. The van der Waals surface area contributed by atoms with Crippen molar-refractivity contribution < 1.29 is 4.74 Å². The van der Waals surface area contributed by atoms with Gasteiger partial charge in [0, 0.05) is 26.7 Å². The third-order valence-electron chi connectivity index (χ3n) is 3.61. The summed E-state index contributed by atoms with van der Waals surface area (Å²) in [7, 11) is 3.67. The topological polar surface area (TPSA) is 48.3 Å². The van der Waals surface area contributed by atoms with Gasteiger partial charge in [0.2, 0.25) is 0 Å². The minimum Gasteiger partial charge on any atom is -0.380 e. The summed E-state index contributed by atoms with van der Waals surface area (Å²) < 4.78 is 5.44. The Hall–Kier alpha value is -1.57. The molecule has 0 radical (unpaired) electrons. The van der Waals surface area contributed by atoms with E-state index < -0.39 is 0 Å². The van der Waals surface area contributed by atoms with Crippen molar-refractivity contribution in [2.45, 2.75) is 25.5 Å². The number of anilines is 1. The average molecular weight is 259 g/mol. The van der Waals surface area contributed by atoms with Crippen LogP contribution >= 0.6 is 0 Å². The van der Waals surface area contributed by atoms with Crippen molar-refractivity contribution in [2.75, 3.05) is 32.1 Å². The van der Waals surface area contributed by atoms with Gasteiger partial charge >= 0.3 is 0 Å². The highest BCUT2D eigenvalue weighted by molar-refractivity contribution is 5.60. The van der Waals surface area contributed by atoms with Gasteiger partial charge in [-0.1, -0.05) is 6.07 Å². The molecule has 0 aromatic heterocycles. The van der Waals surface area contributed by atoms with Gasteiger partial charge in [-0.15, -0.1) is 0 Å². The molecular weight excluding hydrogens is 238 g/mol. The fraction of sp³-hybridized carbons (Fsp3) is 0.533. The smallest absolute Gasteiger partial charge is 0.101 e. The molecule has 19 heavy (non-hydrogen) atoms. The molecule has 0 saturated carbocycles. The highest BCUT2D eigenvalue weighted by atomic mass is 16.5. The third kappa shape index (κ3) is 3.25. The highest BCUT2D eigenvalue weighted by Gasteiger charge is 2.21. The van der Waals surface area contributed by atoms with Crippen LogP contribution in [-0.4, -0.2) is 33.4 Å². The van der Waals surface area contributed by atoms with Crippen molar-refractivity contribution in [3.63, 3.8) is 0 Å². The maximum absolute atomic E-state index is 9.34. The van der Waals surface area contributed by atoms with Crippen LogP contribution in [0.25, 0.3) is 0 Å². The summed E-state index contributed by atoms with van der Waals surface area (Å²) in [6.45, 7) is 2.66. The fourth-order valence-electron chi connectivity index (χ4n) is 2.61. The van der Waals surface area contributed by atoms with Crippen LogP contribution in [0, 0.1) is 11.3 Å². The molecule has 2 rings (SSSR count). The first-order valence-electron chi connectivity index (χ1n) is 6.74. The first-order valence-corrected chi connectivity index (χ1v) is 6.74. The molecule has 0 spiro atoms. The first kappa shape index (κ1) is 13.9. The molecule has 1 heterocycles. The van der Waals surface area contributed by atoms with E-state index >= 15 is 0 Å². The molecule has 1 aliphatic heterocycles. The van der Waals surface area contributed by atoms with Gasteiger partial charge in [-0.3, -0.25) is 0 Å². The second-order valence-electron chi connectivity index (χ2n) is 4.94. The molecule has 1 aliphatic rings. The number of methoxy groups -OCH3 is 1. The second-order valence-corrected chi connectivity index (χ2v) is 4.94. The van der Waals surface area contributed by atoms with Gasteiger partial charge in [-0.05, 0) is 37.6 Å². The maximum Gasteiger partial charge on any atom is 0.101 e. The van der Waals surface area contributed by atoms with E-state index in [0.29, 0.717) is 0 Å². The molecule has 0 aliphatic carbocycles. The average Bonchev–Trinajstić information content (AvgIpc) is 2.47. The summed E-state index contributed by atoms with van der Waals surface area (Å²) >= 11 is 0. The van der Waals surface area contributed by atoms with Gasteiger partial charge in [0.15, 0.2) is 0 Å². The Labute approximate surface area is 115 Å². The Morgan fingerprint density at radius 2 is 2.37 bits per heavy atom. The van der Waals surface area contributed by atoms with Crippen molar-refractivity contribution in [3.8, 4) is 6.07 Å². The van der Waals surface area contributed by atoms with Crippen LogP contribution < -0.4 is 10.2 Å². The van der Waals surface area contributed by atoms with Crippen LogP contribution in [-0.2, 0) is 11.3 Å². The summed E-state index contributed by atoms with van der Waals surface area (Å²) in [6, 6.07) is 8.43. The quantitative estimate of drug-likeness (QED) is 0.897. The molecule has 102 valence electrons. The summed E-state index contributed by atoms with van der Waals surface area (Å²) in [5.41, 5.74) is 2.93. The lowest BCUT2D eigenvalue weighted by Gasteiger charge is -2.34. The maximum atomic E-state index is 9.34. The normalized spacial score (nSPS) is 19.2. The molecule has 4 nitrogen and oxygen atoms in total. The summed E-state index contributed by atoms with van der Waals surface area (Å²) in [4.78, 5) is 2.26. The molecule has 1 N–H and O–H groups in total. The number of hydrogen-bond acceptors (Lipinski definition) is 4. The molecule has 4 heteroatoms. The van der Waals surface area contributed by atoms with E-state index in [2.05, 4.69) is 28.4 Å². The van der Waals surface area contributed by atoms with E-state index in [-0.39, 0.29) is 6.10 Å². The lowest BCUT2D eigenvalue weighted by atomic mass is 10.0. The molecule has 1 atom stereocenters. The van der Waals surface area contributed by atoms with Crippen LogP contribution in [0.15, 0.2) is 18.2 Å². The minimum atomic E-state index is 0.275. The van der Waals surface area contributed by atoms with Crippen LogP contribution in [0.2, 0.25) is 0 Å². The molecule has 1 aromatic carbocycles. The second kappa shape index (κ2) is 6.55. The monoisotopic (exact) mass is 259 g/mol. The van der Waals surface area contributed by atoms with Gasteiger partial charge in [-0.2, -0.15) is 5.26 Å². The first-order chi connectivity index (χ1) is 9.28. The zero-order chi connectivity index (χ0) is 13.7. The number of piperidine rings is 1. The highest BCUT2D eigenvalue weighted by Crippen LogP contribution is 2.25. The molecule has 1 fully saturated rings. The number of nitriles is 1. The van der Waals surface area contributed by atoms with Gasteiger partial charge in [-0.25, -0.2) is 0 Å². The summed E-state index contributed by atoms with van der Waals surface area (Å²) in [6.07, 6.45) is 2.49. The molecule has 1 unspecified atom stereocenters. The minimum absolute atomic E-state index is 0.275. The Kier molecular flexibility index (Phi) is 4.78. The molecule has 0 amide bonds. The van der Waals surface area contributed by atoms with E-state index in [1.807, 2.05) is 13.1 Å². The SMILES string of the molecule is CNCc1ccc(N2CCCC(OC)C2)c(C#N)c1. The van der Waals surface area contributed by atoms with Gasteiger partial charge in [0.25, 0.3) is 0 Å². The standard InChI is InChI=1S/C15H21N3O/c1-17-10-12-5-6-15(13(8-12)9-16)18-7-3-4-14(11-18)19-2/h5-6,8,14,17H,3-4,7,10-11H2,1-2H3. The van der Waals surface area contributed by atoms with Crippen LogP contribution in [0.5, 0.6) is 0 Å². The predicted octanol–water partition coefficient (Wildman–Crippen LogP) is 1.89. The van der Waals surface area contributed by atoms with E-state index in [1.54, 1.807) is 7.11 Å². The van der Waals surface area contributed by atoms with Crippen molar-refractivity contribution in [3.05, 3.63) is 29.3 Å². The lowest BCUT2D eigenvalue weighted by Crippen LogP contribution is -2.39. The number of benzene rings is 1. The van der Waals surface area contributed by atoms with Gasteiger partial charge in [0.05, 0.1) is 17.4 Å². The Balaban J connectivity index is 2.21. The lowest BCUT2D eigenvalue weighted by molar-refractivity contribution is 0.0893. The van der Waals surface area contributed by atoms with E-state index in [9.17, 15) is 5.26 Å². The molecule has 1 aromatic rings. The Morgan fingerprint density at radius 3 is 3.05 bits per heavy atom.